The van der Waals surface area contributed by atoms with E-state index < -0.39 is 11.6 Å². The molecule has 0 aliphatic carbocycles. The van der Waals surface area contributed by atoms with E-state index in [9.17, 15) is 9.90 Å². The highest BCUT2D eigenvalue weighted by Crippen LogP contribution is 2.19. The molecule has 0 saturated carbocycles. The number of fused-ring (bicyclic) bond motifs is 1. The normalized spacial score (nSPS) is 13.4. The Morgan fingerprint density at radius 1 is 1.43 bits per heavy atom. The van der Waals surface area contributed by atoms with E-state index in [4.69, 9.17) is 5.73 Å². The van der Waals surface area contributed by atoms with Crippen molar-refractivity contribution in [1.29, 1.82) is 0 Å². The van der Waals surface area contributed by atoms with Gasteiger partial charge in [0.15, 0.2) is 0 Å². The molecule has 0 aliphatic rings. The second-order valence-corrected chi connectivity index (χ2v) is 6.18. The molecule has 0 saturated heterocycles. The molecule has 0 fully saturated rings. The van der Waals surface area contributed by atoms with E-state index in [1.807, 2.05) is 30.5 Å². The molecule has 0 radical (unpaired) electrons. The Morgan fingerprint density at radius 2 is 2.10 bits per heavy atom. The van der Waals surface area contributed by atoms with Crippen LogP contribution in [-0.4, -0.2) is 46.1 Å². The Kier molecular flexibility index (Phi) is 4.34. The van der Waals surface area contributed by atoms with Gasteiger partial charge in [-0.15, -0.1) is 0 Å². The molecule has 114 valence electrons. The van der Waals surface area contributed by atoms with Crippen LogP contribution in [0.1, 0.15) is 19.4 Å². The van der Waals surface area contributed by atoms with Crippen LogP contribution < -0.4 is 5.73 Å². The number of carbonyl (C=O) groups excluding carboxylic acids is 1. The monoisotopic (exact) mass is 289 g/mol. The summed E-state index contributed by atoms with van der Waals surface area (Å²) >= 11 is 0. The number of H-pyrrole nitrogens is 1. The molecule has 0 unspecified atom stereocenters. The summed E-state index contributed by atoms with van der Waals surface area (Å²) in [6.07, 6.45) is 2.37. The van der Waals surface area contributed by atoms with Gasteiger partial charge in [0.2, 0.25) is 5.91 Å². The maximum absolute atomic E-state index is 12.3. The van der Waals surface area contributed by atoms with Gasteiger partial charge in [-0.05, 0) is 31.9 Å². The second kappa shape index (κ2) is 5.87. The van der Waals surface area contributed by atoms with E-state index in [1.165, 1.54) is 4.90 Å². The summed E-state index contributed by atoms with van der Waals surface area (Å²) < 4.78 is 0. The van der Waals surface area contributed by atoms with Crippen molar-refractivity contribution in [2.45, 2.75) is 31.9 Å². The summed E-state index contributed by atoms with van der Waals surface area (Å²) in [4.78, 5) is 16.9. The molecule has 4 N–H and O–H groups in total. The number of rotatable bonds is 5. The zero-order chi connectivity index (χ0) is 15.6. The van der Waals surface area contributed by atoms with Crippen molar-refractivity contribution >= 4 is 16.8 Å². The molecule has 1 heterocycles. The first-order valence-corrected chi connectivity index (χ1v) is 7.06. The molecule has 0 aliphatic heterocycles. The third kappa shape index (κ3) is 3.83. The number of amides is 1. The third-order valence-corrected chi connectivity index (χ3v) is 3.43. The first-order chi connectivity index (χ1) is 9.78. The molecule has 1 aromatic carbocycles. The summed E-state index contributed by atoms with van der Waals surface area (Å²) in [7, 11) is 1.66. The average Bonchev–Trinajstić information content (AvgIpc) is 2.79. The maximum Gasteiger partial charge on any atom is 0.239 e. The predicted molar refractivity (Wildman–Crippen MR) is 83.9 cm³/mol. The number of likely N-dealkylation sites (N-methyl/N-ethyl adjacent to an activating group) is 1. The number of aromatic amines is 1. The largest absolute Gasteiger partial charge is 0.389 e. The van der Waals surface area contributed by atoms with Gasteiger partial charge in [-0.3, -0.25) is 4.79 Å². The number of hydrogen-bond acceptors (Lipinski definition) is 3. The number of carbonyl (C=O) groups is 1. The Morgan fingerprint density at radius 3 is 2.76 bits per heavy atom. The first-order valence-electron chi connectivity index (χ1n) is 7.06. The van der Waals surface area contributed by atoms with Gasteiger partial charge in [-0.1, -0.05) is 18.2 Å². The third-order valence-electron chi connectivity index (χ3n) is 3.43. The Hall–Kier alpha value is -1.85. The Labute approximate surface area is 124 Å². The van der Waals surface area contributed by atoms with Crippen LogP contribution in [0, 0.1) is 0 Å². The molecule has 1 aromatic heterocycles. The lowest BCUT2D eigenvalue weighted by atomic mass is 10.0. The van der Waals surface area contributed by atoms with Gasteiger partial charge in [-0.2, -0.15) is 0 Å². The summed E-state index contributed by atoms with van der Waals surface area (Å²) in [6, 6.07) is 7.32. The molecule has 21 heavy (non-hydrogen) atoms. The topological polar surface area (TPSA) is 82.3 Å². The van der Waals surface area contributed by atoms with Gasteiger partial charge in [-0.25, -0.2) is 0 Å². The van der Waals surface area contributed by atoms with Crippen molar-refractivity contribution in [2.24, 2.45) is 5.73 Å². The number of benzene rings is 1. The summed E-state index contributed by atoms with van der Waals surface area (Å²) in [5, 5.41) is 10.9. The molecule has 2 rings (SSSR count). The van der Waals surface area contributed by atoms with Crippen LogP contribution in [0.15, 0.2) is 30.5 Å². The lowest BCUT2D eigenvalue weighted by molar-refractivity contribution is -0.133. The standard InChI is InChI=1S/C16H23N3O2/c1-16(2,21)10-19(3)15(20)13(17)8-11-9-18-14-7-5-4-6-12(11)14/h4-7,9,13,18,21H,8,10,17H2,1-3H3/t13-/m1/s1. The zero-order valence-electron chi connectivity index (χ0n) is 12.8. The van der Waals surface area contributed by atoms with Crippen molar-refractivity contribution in [1.82, 2.24) is 9.88 Å². The van der Waals surface area contributed by atoms with E-state index in [2.05, 4.69) is 4.98 Å². The number of nitrogens with one attached hydrogen (secondary N) is 1. The zero-order valence-corrected chi connectivity index (χ0v) is 12.8. The van der Waals surface area contributed by atoms with Crippen LogP contribution in [0.2, 0.25) is 0 Å². The number of para-hydroxylation sites is 1. The number of nitrogens with zero attached hydrogens (tertiary/aromatic N) is 1. The molecule has 5 heteroatoms. The van der Waals surface area contributed by atoms with Gasteiger partial charge in [0.05, 0.1) is 11.6 Å². The lowest BCUT2D eigenvalue weighted by Gasteiger charge is -2.27. The van der Waals surface area contributed by atoms with Crippen LogP contribution in [0.4, 0.5) is 0 Å². The fourth-order valence-corrected chi connectivity index (χ4v) is 2.57. The predicted octanol–water partition coefficient (Wildman–Crippen LogP) is 1.27. The van der Waals surface area contributed by atoms with Crippen LogP contribution in [0.5, 0.6) is 0 Å². The van der Waals surface area contributed by atoms with Crippen LogP contribution in [-0.2, 0) is 11.2 Å². The molecular formula is C16H23N3O2. The van der Waals surface area contributed by atoms with Crippen molar-refractivity contribution in [2.75, 3.05) is 13.6 Å². The molecule has 1 atom stereocenters. The fraction of sp³-hybridized carbons (Fsp3) is 0.438. The number of aromatic nitrogens is 1. The molecule has 1 amide bonds. The highest BCUT2D eigenvalue weighted by molar-refractivity contribution is 5.86. The quantitative estimate of drug-likeness (QED) is 0.775. The SMILES string of the molecule is CN(CC(C)(C)O)C(=O)[C@H](N)Cc1c[nH]c2ccccc12. The van der Waals surface area contributed by atoms with Gasteiger partial charge in [0, 0.05) is 30.7 Å². The van der Waals surface area contributed by atoms with Crippen LogP contribution in [0.25, 0.3) is 10.9 Å². The van der Waals surface area contributed by atoms with Crippen molar-refractivity contribution < 1.29 is 9.90 Å². The highest BCUT2D eigenvalue weighted by atomic mass is 16.3. The van der Waals surface area contributed by atoms with Crippen molar-refractivity contribution in [3.63, 3.8) is 0 Å². The van der Waals surface area contributed by atoms with E-state index in [0.29, 0.717) is 6.42 Å². The van der Waals surface area contributed by atoms with Crippen LogP contribution in [0.3, 0.4) is 0 Å². The molecule has 0 bridgehead atoms. The molecule has 0 spiro atoms. The second-order valence-electron chi connectivity index (χ2n) is 6.18. The number of aliphatic hydroxyl groups is 1. The van der Waals surface area contributed by atoms with Crippen LogP contribution >= 0.6 is 0 Å². The molecule has 2 aromatic rings. The minimum absolute atomic E-state index is 0.164. The summed E-state index contributed by atoms with van der Waals surface area (Å²) in [5.74, 6) is -0.164. The van der Waals surface area contributed by atoms with E-state index in [1.54, 1.807) is 20.9 Å². The maximum atomic E-state index is 12.3. The summed E-state index contributed by atoms with van der Waals surface area (Å²) in [5.41, 5.74) is 7.18. The van der Waals surface area contributed by atoms with Gasteiger partial charge in [0.1, 0.15) is 0 Å². The average molecular weight is 289 g/mol. The highest BCUT2D eigenvalue weighted by Gasteiger charge is 2.24. The minimum atomic E-state index is -0.926. The molecular weight excluding hydrogens is 266 g/mol. The van der Waals surface area contributed by atoms with Gasteiger partial charge < -0.3 is 20.7 Å². The Balaban J connectivity index is 2.07. The first kappa shape index (κ1) is 15.5. The Bertz CT molecular complexity index is 628. The summed E-state index contributed by atoms with van der Waals surface area (Å²) in [6.45, 7) is 3.59. The van der Waals surface area contributed by atoms with Gasteiger partial charge in [0.25, 0.3) is 0 Å². The lowest BCUT2D eigenvalue weighted by Crippen LogP contribution is -2.47. The molecule has 5 nitrogen and oxygen atoms in total. The number of nitrogens with two attached hydrogens (primary N) is 1. The smallest absolute Gasteiger partial charge is 0.239 e. The van der Waals surface area contributed by atoms with Crippen molar-refractivity contribution in [3.8, 4) is 0 Å². The van der Waals surface area contributed by atoms with E-state index >= 15 is 0 Å². The van der Waals surface area contributed by atoms with Crippen molar-refractivity contribution in [3.05, 3.63) is 36.0 Å². The minimum Gasteiger partial charge on any atom is -0.389 e. The van der Waals surface area contributed by atoms with E-state index in [-0.39, 0.29) is 12.5 Å². The fourth-order valence-electron chi connectivity index (χ4n) is 2.57. The number of hydrogen-bond donors (Lipinski definition) is 3. The van der Waals surface area contributed by atoms with Gasteiger partial charge >= 0.3 is 0 Å². The van der Waals surface area contributed by atoms with E-state index in [0.717, 1.165) is 16.5 Å².